The van der Waals surface area contributed by atoms with Gasteiger partial charge in [-0.3, -0.25) is 9.78 Å². The van der Waals surface area contributed by atoms with E-state index in [0.29, 0.717) is 11.5 Å². The average molecular weight is 528 g/mol. The zero-order valence-corrected chi connectivity index (χ0v) is 21.6. The lowest BCUT2D eigenvalue weighted by molar-refractivity contribution is -0.0421. The molecule has 5 rings (SSSR count). The number of imidazole rings is 1. The van der Waals surface area contributed by atoms with Gasteiger partial charge in [-0.1, -0.05) is 54.6 Å². The van der Waals surface area contributed by atoms with Crippen molar-refractivity contribution in [1.82, 2.24) is 19.5 Å². The van der Waals surface area contributed by atoms with Crippen LogP contribution in [0.2, 0.25) is 0 Å². The summed E-state index contributed by atoms with van der Waals surface area (Å²) < 4.78 is 19.1. The molecule has 5 aromatic rings. The Bertz CT molecular complexity index is 1550. The molecule has 10 heteroatoms. The number of nitrogen functional groups attached to an aromatic ring is 1. The van der Waals surface area contributed by atoms with Gasteiger partial charge in [0.1, 0.15) is 17.1 Å². The van der Waals surface area contributed by atoms with Crippen molar-refractivity contribution >= 4 is 17.1 Å². The molecule has 0 amide bonds. The van der Waals surface area contributed by atoms with E-state index in [0.717, 1.165) is 16.7 Å². The number of nitrogens with one attached hydrogen (secondary N) is 1. The molecule has 0 radical (unpaired) electrons. The quantitative estimate of drug-likeness (QED) is 0.236. The Morgan fingerprint density at radius 3 is 2.05 bits per heavy atom. The molecule has 10 nitrogen and oxygen atoms in total. The molecule has 39 heavy (non-hydrogen) atoms. The van der Waals surface area contributed by atoms with Crippen LogP contribution in [0.1, 0.15) is 16.7 Å². The summed E-state index contributed by atoms with van der Waals surface area (Å²) in [5.41, 5.74) is 7.21. The highest BCUT2D eigenvalue weighted by Crippen LogP contribution is 2.41. The third kappa shape index (κ3) is 5.07. The molecule has 200 valence electrons. The molecule has 2 aromatic heterocycles. The number of fused-ring (bicyclic) bond motifs is 1. The first-order chi connectivity index (χ1) is 18.9. The zero-order valence-electron chi connectivity index (χ0n) is 21.6. The first-order valence-electron chi connectivity index (χ1n) is 12.3. The fraction of sp³-hybridized carbons (Fsp3) is 0.207. The van der Waals surface area contributed by atoms with Gasteiger partial charge < -0.3 is 29.6 Å². The maximum atomic E-state index is 12.2. The first kappa shape index (κ1) is 26.0. The summed E-state index contributed by atoms with van der Waals surface area (Å²) in [6.07, 6.45) is 0.483. The van der Waals surface area contributed by atoms with Gasteiger partial charge in [0.05, 0.1) is 39.8 Å². The van der Waals surface area contributed by atoms with Crippen LogP contribution in [0.15, 0.2) is 90.0 Å². The highest BCUT2D eigenvalue weighted by Gasteiger charge is 2.38. The van der Waals surface area contributed by atoms with Gasteiger partial charge in [0.15, 0.2) is 11.2 Å². The predicted octanol–water partition coefficient (Wildman–Crippen LogP) is 3.09. The van der Waals surface area contributed by atoms with E-state index in [9.17, 15) is 9.90 Å². The van der Waals surface area contributed by atoms with Gasteiger partial charge in [-0.2, -0.15) is 4.98 Å². The fourth-order valence-electron chi connectivity index (χ4n) is 4.68. The van der Waals surface area contributed by atoms with E-state index >= 15 is 0 Å². The highest BCUT2D eigenvalue weighted by atomic mass is 16.5. The van der Waals surface area contributed by atoms with Crippen LogP contribution in [0, 0.1) is 0 Å². The number of benzene rings is 3. The minimum atomic E-state index is -1.07. The van der Waals surface area contributed by atoms with Crippen molar-refractivity contribution in [3.63, 3.8) is 0 Å². The van der Waals surface area contributed by atoms with Crippen LogP contribution < -0.4 is 20.8 Å². The smallest absolute Gasteiger partial charge is 0.280 e. The lowest BCUT2D eigenvalue weighted by atomic mass is 9.80. The van der Waals surface area contributed by atoms with Gasteiger partial charge in [0.25, 0.3) is 5.56 Å². The summed E-state index contributed by atoms with van der Waals surface area (Å²) >= 11 is 0. The monoisotopic (exact) mass is 527 g/mol. The minimum Gasteiger partial charge on any atom is -0.497 e. The summed E-state index contributed by atoms with van der Waals surface area (Å²) in [6.45, 7) is 0.0355. The second-order valence-electron chi connectivity index (χ2n) is 8.99. The fourth-order valence-corrected chi connectivity index (χ4v) is 4.68. The van der Waals surface area contributed by atoms with Gasteiger partial charge in [-0.25, -0.2) is 4.98 Å². The number of nitrogens with zero attached hydrogens (tertiary/aromatic N) is 3. The Morgan fingerprint density at radius 1 is 0.923 bits per heavy atom. The third-order valence-electron chi connectivity index (χ3n) is 6.57. The molecule has 3 aromatic carbocycles. The molecule has 0 aliphatic rings. The highest BCUT2D eigenvalue weighted by molar-refractivity contribution is 5.70. The van der Waals surface area contributed by atoms with Crippen molar-refractivity contribution in [2.24, 2.45) is 0 Å². The third-order valence-corrected chi connectivity index (χ3v) is 6.57. The molecule has 1 atom stereocenters. The number of methoxy groups -OCH3 is 2. The van der Waals surface area contributed by atoms with Crippen molar-refractivity contribution < 1.29 is 19.3 Å². The number of ether oxygens (including phenoxy) is 3. The van der Waals surface area contributed by atoms with E-state index in [1.54, 1.807) is 18.8 Å². The summed E-state index contributed by atoms with van der Waals surface area (Å²) in [7, 11) is 3.23. The Kier molecular flexibility index (Phi) is 7.31. The van der Waals surface area contributed by atoms with Crippen LogP contribution in [0.4, 0.5) is 5.95 Å². The second-order valence-corrected chi connectivity index (χ2v) is 8.99. The Balaban J connectivity index is 1.54. The first-order valence-corrected chi connectivity index (χ1v) is 12.3. The van der Waals surface area contributed by atoms with Gasteiger partial charge >= 0.3 is 0 Å². The second kappa shape index (κ2) is 11.0. The summed E-state index contributed by atoms with van der Waals surface area (Å²) in [5, 5.41) is 11.1. The molecule has 0 aliphatic heterocycles. The number of hydrogen-bond acceptors (Lipinski definition) is 8. The van der Waals surface area contributed by atoms with E-state index < -0.39 is 17.3 Å². The minimum absolute atomic E-state index is 0.0258. The number of hydrogen-bond donors (Lipinski definition) is 3. The van der Waals surface area contributed by atoms with Crippen LogP contribution in [-0.4, -0.2) is 51.6 Å². The Hall–Kier alpha value is -4.67. The number of rotatable bonds is 10. The van der Waals surface area contributed by atoms with E-state index in [4.69, 9.17) is 19.9 Å². The van der Waals surface area contributed by atoms with Crippen LogP contribution >= 0.6 is 0 Å². The Morgan fingerprint density at radius 2 is 1.49 bits per heavy atom. The number of aliphatic hydroxyl groups excluding tert-OH is 1. The number of H-pyrrole nitrogens is 1. The van der Waals surface area contributed by atoms with E-state index in [-0.39, 0.29) is 30.3 Å². The molecule has 0 aliphatic carbocycles. The van der Waals surface area contributed by atoms with Crippen LogP contribution in [0.3, 0.4) is 0 Å². The number of aliphatic hydroxyl groups is 1. The molecular formula is C29H29N5O5. The van der Waals surface area contributed by atoms with Gasteiger partial charge in [0, 0.05) is 0 Å². The van der Waals surface area contributed by atoms with Crippen molar-refractivity contribution in [2.45, 2.75) is 18.2 Å². The molecule has 0 fully saturated rings. The van der Waals surface area contributed by atoms with Gasteiger partial charge in [0.2, 0.25) is 5.95 Å². The lowest BCUT2D eigenvalue weighted by Crippen LogP contribution is -2.36. The lowest BCUT2D eigenvalue weighted by Gasteiger charge is -2.36. The zero-order chi connectivity index (χ0) is 27.4. The molecule has 2 heterocycles. The van der Waals surface area contributed by atoms with Crippen molar-refractivity contribution in [3.05, 3.63) is 112 Å². The molecule has 4 N–H and O–H groups in total. The van der Waals surface area contributed by atoms with E-state index in [2.05, 4.69) is 15.0 Å². The predicted molar refractivity (Wildman–Crippen MR) is 147 cm³/mol. The van der Waals surface area contributed by atoms with Gasteiger partial charge in [-0.05, 0) is 41.0 Å². The van der Waals surface area contributed by atoms with E-state index in [1.807, 2.05) is 78.9 Å². The number of aromatic amines is 1. The molecule has 0 saturated heterocycles. The normalized spacial score (nSPS) is 12.4. The maximum Gasteiger partial charge on any atom is 0.280 e. The number of aromatic nitrogens is 4. The topological polar surface area (TPSA) is 138 Å². The van der Waals surface area contributed by atoms with Crippen molar-refractivity contribution in [3.8, 4) is 11.5 Å². The van der Waals surface area contributed by atoms with E-state index in [1.165, 1.54) is 6.33 Å². The molecule has 0 spiro atoms. The molecule has 0 bridgehead atoms. The van der Waals surface area contributed by atoms with Crippen molar-refractivity contribution in [1.29, 1.82) is 0 Å². The summed E-state index contributed by atoms with van der Waals surface area (Å²) in [4.78, 5) is 22.9. The largest absolute Gasteiger partial charge is 0.497 e. The Labute approximate surface area is 224 Å². The number of anilines is 1. The summed E-state index contributed by atoms with van der Waals surface area (Å²) in [5.74, 6) is 1.40. The van der Waals surface area contributed by atoms with Crippen LogP contribution in [0.25, 0.3) is 11.2 Å². The SMILES string of the molecule is COc1ccc(C(OCC(O)Cn2cnc3c(=O)[nH]c(N)nc32)(c2ccccc2)c2ccc(OC)cc2)cc1. The standard InChI is InChI=1S/C29H29N5O5/c1-37-23-12-8-20(9-13-23)29(19-6-4-3-5-7-19,21-10-14-24(38-2)15-11-21)39-17-22(35)16-34-18-31-25-26(34)32-28(30)33-27(25)36/h3-15,18,22,35H,16-17H2,1-2H3,(H3,30,32,33,36). The van der Waals surface area contributed by atoms with Crippen molar-refractivity contribution in [2.75, 3.05) is 26.6 Å². The average Bonchev–Trinajstić information content (AvgIpc) is 3.37. The molecule has 1 unspecified atom stereocenters. The van der Waals surface area contributed by atoms with Gasteiger partial charge in [-0.15, -0.1) is 0 Å². The van der Waals surface area contributed by atoms with Crippen LogP contribution in [0.5, 0.6) is 11.5 Å². The maximum absolute atomic E-state index is 12.2. The summed E-state index contributed by atoms with van der Waals surface area (Å²) in [6, 6.07) is 25.1. The molecular weight excluding hydrogens is 498 g/mol. The molecule has 0 saturated carbocycles. The number of nitrogens with two attached hydrogens (primary N) is 1. The van der Waals surface area contributed by atoms with Crippen LogP contribution in [-0.2, 0) is 16.9 Å².